The lowest BCUT2D eigenvalue weighted by atomic mass is 9.97. The summed E-state index contributed by atoms with van der Waals surface area (Å²) in [6.07, 6.45) is 4.28. The van der Waals surface area contributed by atoms with E-state index in [1.54, 1.807) is 39.8 Å². The van der Waals surface area contributed by atoms with E-state index in [9.17, 15) is 17.6 Å². The van der Waals surface area contributed by atoms with Crippen molar-refractivity contribution in [2.75, 3.05) is 17.6 Å². The predicted molar refractivity (Wildman–Crippen MR) is 148 cm³/mol. The van der Waals surface area contributed by atoms with Crippen LogP contribution in [0.15, 0.2) is 30.3 Å². The molecule has 0 bridgehead atoms. The maximum atomic E-state index is 13.7. The molecule has 0 saturated carbocycles. The molecule has 0 aliphatic carbocycles. The van der Waals surface area contributed by atoms with Crippen LogP contribution in [0.4, 0.5) is 10.3 Å². The first kappa shape index (κ1) is 30.6. The van der Waals surface area contributed by atoms with Crippen molar-refractivity contribution < 1.29 is 31.8 Å². The fraction of sp³-hybridized carbons (Fsp3) is 0.536. The van der Waals surface area contributed by atoms with Crippen molar-refractivity contribution in [3.8, 4) is 11.3 Å². The van der Waals surface area contributed by atoms with Crippen LogP contribution in [0, 0.1) is 5.82 Å². The summed E-state index contributed by atoms with van der Waals surface area (Å²) in [4.78, 5) is 21.5. The maximum Gasteiger partial charge on any atom is 0.308 e. The molecule has 214 valence electrons. The molecule has 39 heavy (non-hydrogen) atoms. The van der Waals surface area contributed by atoms with Crippen molar-refractivity contribution in [2.45, 2.75) is 84.4 Å². The molecule has 0 amide bonds. The number of anilines is 1. The summed E-state index contributed by atoms with van der Waals surface area (Å²) >= 11 is 0. The van der Waals surface area contributed by atoms with Crippen LogP contribution in [-0.4, -0.2) is 61.8 Å². The van der Waals surface area contributed by atoms with E-state index in [0.29, 0.717) is 28.9 Å². The second kappa shape index (κ2) is 12.1. The Balaban J connectivity index is 2.05. The van der Waals surface area contributed by atoms with Crippen molar-refractivity contribution >= 4 is 28.0 Å². The molecule has 0 spiro atoms. The highest BCUT2D eigenvalue weighted by Crippen LogP contribution is 2.34. The molecule has 1 fully saturated rings. The van der Waals surface area contributed by atoms with E-state index in [1.165, 1.54) is 19.2 Å². The molecule has 2 atom stereocenters. The summed E-state index contributed by atoms with van der Waals surface area (Å²) in [6, 6.07) is 5.83. The standard InChI is InChI=1S/C28H38FN3O6S/c1-17(2)25-23(14-13-21-15-22(38-28(5,6)37-21)16-24(33)36-18(3)4)26(19-9-11-20(29)12-10-19)31-27(30-25)32(7)39(8,34)35/h9-14,17-18,21-22H,15-16H2,1-8H3/b14-13+/t21-,22-/m1/s1. The van der Waals surface area contributed by atoms with Gasteiger partial charge in [-0.15, -0.1) is 0 Å². The van der Waals surface area contributed by atoms with E-state index in [4.69, 9.17) is 14.2 Å². The zero-order valence-electron chi connectivity index (χ0n) is 23.8. The van der Waals surface area contributed by atoms with Crippen molar-refractivity contribution in [2.24, 2.45) is 0 Å². The molecule has 1 aromatic carbocycles. The molecule has 0 unspecified atom stereocenters. The van der Waals surface area contributed by atoms with Gasteiger partial charge in [-0.1, -0.05) is 26.0 Å². The average Bonchev–Trinajstić information content (AvgIpc) is 2.80. The van der Waals surface area contributed by atoms with Gasteiger partial charge in [0.2, 0.25) is 16.0 Å². The Morgan fingerprint density at radius 2 is 1.82 bits per heavy atom. The zero-order chi connectivity index (χ0) is 29.1. The lowest BCUT2D eigenvalue weighted by Gasteiger charge is -2.39. The molecule has 0 N–H and O–H groups in total. The smallest absolute Gasteiger partial charge is 0.308 e. The summed E-state index contributed by atoms with van der Waals surface area (Å²) in [5.74, 6) is -1.75. The Bertz CT molecular complexity index is 1310. The van der Waals surface area contributed by atoms with Crippen LogP contribution in [0.3, 0.4) is 0 Å². The lowest BCUT2D eigenvalue weighted by molar-refractivity contribution is -0.290. The summed E-state index contributed by atoms with van der Waals surface area (Å²) in [6.45, 7) is 11.1. The van der Waals surface area contributed by atoms with Gasteiger partial charge in [-0.2, -0.15) is 0 Å². The third kappa shape index (κ3) is 8.30. The average molecular weight is 564 g/mol. The van der Waals surface area contributed by atoms with Crippen molar-refractivity contribution in [1.29, 1.82) is 0 Å². The predicted octanol–water partition coefficient (Wildman–Crippen LogP) is 5.07. The Morgan fingerprint density at radius 3 is 2.38 bits per heavy atom. The minimum absolute atomic E-state index is 0.0184. The fourth-order valence-electron chi connectivity index (χ4n) is 4.29. The number of ether oxygens (including phenoxy) is 3. The van der Waals surface area contributed by atoms with E-state index in [2.05, 4.69) is 9.97 Å². The molecule has 2 aromatic rings. The minimum Gasteiger partial charge on any atom is -0.463 e. The van der Waals surface area contributed by atoms with Gasteiger partial charge in [0.1, 0.15) is 5.82 Å². The number of carbonyl (C=O) groups is 1. The van der Waals surface area contributed by atoms with Gasteiger partial charge in [-0.05, 0) is 57.9 Å². The maximum absolute atomic E-state index is 13.7. The van der Waals surface area contributed by atoms with Crippen LogP contribution in [-0.2, 0) is 29.0 Å². The molecule has 3 rings (SSSR count). The van der Waals surface area contributed by atoms with Crippen molar-refractivity contribution in [3.63, 3.8) is 0 Å². The minimum atomic E-state index is -3.62. The number of nitrogens with zero attached hydrogens (tertiary/aromatic N) is 3. The normalized spacial score (nSPS) is 19.6. The molecule has 1 aromatic heterocycles. The number of esters is 1. The number of sulfonamides is 1. The number of hydrogen-bond acceptors (Lipinski definition) is 8. The Morgan fingerprint density at radius 1 is 1.18 bits per heavy atom. The van der Waals surface area contributed by atoms with Crippen molar-refractivity contribution in [1.82, 2.24) is 9.97 Å². The third-order valence-electron chi connectivity index (χ3n) is 6.03. The first-order valence-electron chi connectivity index (χ1n) is 12.9. The van der Waals surface area contributed by atoms with Gasteiger partial charge in [-0.25, -0.2) is 27.1 Å². The molecular weight excluding hydrogens is 525 g/mol. The SMILES string of the molecule is CC(C)OC(=O)C[C@H]1C[C@@H](/C=C/c2c(-c3ccc(F)cc3)nc(N(C)S(C)(=O)=O)nc2C(C)C)OC(C)(C)O1. The van der Waals surface area contributed by atoms with Gasteiger partial charge in [0.25, 0.3) is 0 Å². The van der Waals surface area contributed by atoms with Gasteiger partial charge in [0, 0.05) is 24.6 Å². The molecule has 9 nitrogen and oxygen atoms in total. The van der Waals surface area contributed by atoms with E-state index in [-0.39, 0.29) is 30.4 Å². The lowest BCUT2D eigenvalue weighted by Crippen LogP contribution is -2.44. The van der Waals surface area contributed by atoms with E-state index in [0.717, 1.165) is 10.6 Å². The quantitative estimate of drug-likeness (QED) is 0.389. The highest BCUT2D eigenvalue weighted by atomic mass is 32.2. The van der Waals surface area contributed by atoms with Crippen molar-refractivity contribution in [3.05, 3.63) is 47.4 Å². The third-order valence-corrected chi connectivity index (χ3v) is 7.19. The fourth-order valence-corrected chi connectivity index (χ4v) is 4.67. The summed E-state index contributed by atoms with van der Waals surface area (Å²) in [5.41, 5.74) is 2.34. The van der Waals surface area contributed by atoms with Gasteiger partial charge >= 0.3 is 5.97 Å². The second-order valence-corrected chi connectivity index (χ2v) is 12.7. The second-order valence-electron chi connectivity index (χ2n) is 10.7. The molecule has 1 saturated heterocycles. The topological polar surface area (TPSA) is 108 Å². The zero-order valence-corrected chi connectivity index (χ0v) is 24.6. The number of benzene rings is 1. The summed E-state index contributed by atoms with van der Waals surface area (Å²) in [7, 11) is -2.23. The number of rotatable bonds is 9. The highest BCUT2D eigenvalue weighted by Gasteiger charge is 2.36. The number of aromatic nitrogens is 2. The first-order valence-corrected chi connectivity index (χ1v) is 14.8. The monoisotopic (exact) mass is 563 g/mol. The summed E-state index contributed by atoms with van der Waals surface area (Å²) in [5, 5.41) is 0. The Hall–Kier alpha value is -2.89. The van der Waals surface area contributed by atoms with E-state index in [1.807, 2.05) is 26.0 Å². The molecular formula is C28H38FN3O6S. The van der Waals surface area contributed by atoms with Crippen LogP contribution in [0.2, 0.25) is 0 Å². The van der Waals surface area contributed by atoms with E-state index >= 15 is 0 Å². The molecule has 1 aliphatic rings. The van der Waals surface area contributed by atoms with Gasteiger partial charge in [0.15, 0.2) is 5.79 Å². The molecule has 2 heterocycles. The van der Waals surface area contributed by atoms with Gasteiger partial charge in [0.05, 0.1) is 42.4 Å². The van der Waals surface area contributed by atoms with Gasteiger partial charge < -0.3 is 14.2 Å². The highest BCUT2D eigenvalue weighted by molar-refractivity contribution is 7.92. The van der Waals surface area contributed by atoms with Crippen LogP contribution in [0.5, 0.6) is 0 Å². The van der Waals surface area contributed by atoms with Gasteiger partial charge in [-0.3, -0.25) is 4.79 Å². The van der Waals surface area contributed by atoms with Crippen LogP contribution in [0.25, 0.3) is 17.3 Å². The Kier molecular flexibility index (Phi) is 9.51. The Labute approximate surface area is 230 Å². The molecule has 0 radical (unpaired) electrons. The van der Waals surface area contributed by atoms with Crippen LogP contribution < -0.4 is 4.31 Å². The largest absolute Gasteiger partial charge is 0.463 e. The molecule has 1 aliphatic heterocycles. The summed E-state index contributed by atoms with van der Waals surface area (Å²) < 4.78 is 56.7. The van der Waals surface area contributed by atoms with E-state index < -0.39 is 33.8 Å². The number of hydrogen-bond donors (Lipinski definition) is 0. The number of carbonyl (C=O) groups excluding carboxylic acids is 1. The van der Waals surface area contributed by atoms with Crippen LogP contribution >= 0.6 is 0 Å². The number of halogens is 1. The molecule has 11 heteroatoms. The van der Waals surface area contributed by atoms with Crippen LogP contribution in [0.1, 0.15) is 71.6 Å². The first-order chi connectivity index (χ1) is 18.1.